The molecule has 86 valence electrons. The molecule has 0 aliphatic carbocycles. The summed E-state index contributed by atoms with van der Waals surface area (Å²) in [4.78, 5) is 13.2. The summed E-state index contributed by atoms with van der Waals surface area (Å²) in [5.41, 5.74) is 6.16. The van der Waals surface area contributed by atoms with E-state index < -0.39 is 0 Å². The second-order valence-corrected chi connectivity index (χ2v) is 4.25. The van der Waals surface area contributed by atoms with E-state index in [1.165, 1.54) is 0 Å². The fourth-order valence-electron chi connectivity index (χ4n) is 2.09. The number of para-hydroxylation sites is 1. The molecule has 3 N–H and O–H groups in total. The van der Waals surface area contributed by atoms with Gasteiger partial charge in [0.05, 0.1) is 5.92 Å². The molecule has 1 heterocycles. The number of carbonyl (C=O) groups excluding carboxylic acids is 1. The monoisotopic (exact) mass is 220 g/mol. The fraction of sp³-hybridized carbons (Fsp3) is 0.417. The summed E-state index contributed by atoms with van der Waals surface area (Å²) < 4.78 is 0. The Bertz CT molecular complexity index is 392. The largest absolute Gasteiger partial charge is 0.508 e. The number of rotatable bonds is 3. The molecule has 0 saturated carbocycles. The Morgan fingerprint density at radius 3 is 2.88 bits per heavy atom. The number of aromatic hydroxyl groups is 1. The van der Waals surface area contributed by atoms with E-state index in [0.29, 0.717) is 18.8 Å². The molecule has 4 heteroatoms. The number of primary amides is 1. The lowest BCUT2D eigenvalue weighted by Crippen LogP contribution is -2.27. The van der Waals surface area contributed by atoms with Crippen molar-refractivity contribution < 1.29 is 9.90 Å². The van der Waals surface area contributed by atoms with Crippen LogP contribution in [0.5, 0.6) is 5.75 Å². The number of nitrogens with zero attached hydrogens (tertiary/aromatic N) is 1. The van der Waals surface area contributed by atoms with Gasteiger partial charge in [0.15, 0.2) is 0 Å². The molecule has 1 atom stereocenters. The SMILES string of the molecule is NC(=O)C1CCN(Cc2ccccc2O)C1. The number of benzene rings is 1. The maximum atomic E-state index is 11.0. The van der Waals surface area contributed by atoms with Crippen molar-refractivity contribution in [3.05, 3.63) is 29.8 Å². The Kier molecular flexibility index (Phi) is 3.10. The lowest BCUT2D eigenvalue weighted by Gasteiger charge is -2.15. The van der Waals surface area contributed by atoms with Gasteiger partial charge in [0.2, 0.25) is 5.91 Å². The van der Waals surface area contributed by atoms with E-state index in [9.17, 15) is 9.90 Å². The van der Waals surface area contributed by atoms with E-state index >= 15 is 0 Å². The molecule has 16 heavy (non-hydrogen) atoms. The van der Waals surface area contributed by atoms with Crippen molar-refractivity contribution in [1.82, 2.24) is 4.90 Å². The first-order valence-corrected chi connectivity index (χ1v) is 5.45. The van der Waals surface area contributed by atoms with Crippen molar-refractivity contribution >= 4 is 5.91 Å². The quantitative estimate of drug-likeness (QED) is 0.788. The zero-order valence-electron chi connectivity index (χ0n) is 9.10. The molecule has 1 saturated heterocycles. The molecule has 1 aliphatic heterocycles. The second kappa shape index (κ2) is 4.53. The van der Waals surface area contributed by atoms with Gasteiger partial charge in [-0.2, -0.15) is 0 Å². The Morgan fingerprint density at radius 1 is 1.50 bits per heavy atom. The number of carbonyl (C=O) groups is 1. The Morgan fingerprint density at radius 2 is 2.25 bits per heavy atom. The van der Waals surface area contributed by atoms with E-state index in [0.717, 1.165) is 18.5 Å². The van der Waals surface area contributed by atoms with Crippen LogP contribution in [0.15, 0.2) is 24.3 Å². The van der Waals surface area contributed by atoms with Crippen LogP contribution in [0.4, 0.5) is 0 Å². The van der Waals surface area contributed by atoms with Gasteiger partial charge < -0.3 is 10.8 Å². The number of hydrogen-bond acceptors (Lipinski definition) is 3. The highest BCUT2D eigenvalue weighted by molar-refractivity contribution is 5.77. The third-order valence-electron chi connectivity index (χ3n) is 3.06. The highest BCUT2D eigenvalue weighted by Crippen LogP contribution is 2.22. The number of likely N-dealkylation sites (tertiary alicyclic amines) is 1. The fourth-order valence-corrected chi connectivity index (χ4v) is 2.09. The maximum absolute atomic E-state index is 11.0. The van der Waals surface area contributed by atoms with Gasteiger partial charge in [-0.3, -0.25) is 9.69 Å². The molecule has 1 unspecified atom stereocenters. The highest BCUT2D eigenvalue weighted by Gasteiger charge is 2.26. The van der Waals surface area contributed by atoms with Crippen molar-refractivity contribution in [2.45, 2.75) is 13.0 Å². The normalized spacial score (nSPS) is 21.1. The van der Waals surface area contributed by atoms with Gasteiger partial charge >= 0.3 is 0 Å². The number of phenolic OH excluding ortho intramolecular Hbond substituents is 1. The maximum Gasteiger partial charge on any atom is 0.221 e. The molecule has 0 bridgehead atoms. The van der Waals surface area contributed by atoms with E-state index in [2.05, 4.69) is 4.90 Å². The van der Waals surface area contributed by atoms with E-state index in [1.807, 2.05) is 12.1 Å². The average molecular weight is 220 g/mol. The first-order valence-electron chi connectivity index (χ1n) is 5.45. The minimum atomic E-state index is -0.222. The molecule has 1 amide bonds. The third kappa shape index (κ3) is 2.33. The molecule has 0 radical (unpaired) electrons. The van der Waals surface area contributed by atoms with Gasteiger partial charge in [0.25, 0.3) is 0 Å². The highest BCUT2D eigenvalue weighted by atomic mass is 16.3. The summed E-state index contributed by atoms with van der Waals surface area (Å²) in [7, 11) is 0. The van der Waals surface area contributed by atoms with Crippen LogP contribution in [0.2, 0.25) is 0 Å². The molecule has 4 nitrogen and oxygen atoms in total. The van der Waals surface area contributed by atoms with Crippen molar-refractivity contribution in [3.63, 3.8) is 0 Å². The van der Waals surface area contributed by atoms with Crippen LogP contribution in [-0.2, 0) is 11.3 Å². The number of phenols is 1. The number of hydrogen-bond donors (Lipinski definition) is 2. The molecular weight excluding hydrogens is 204 g/mol. The predicted molar refractivity (Wildman–Crippen MR) is 60.7 cm³/mol. The van der Waals surface area contributed by atoms with Gasteiger partial charge in [-0.15, -0.1) is 0 Å². The summed E-state index contributed by atoms with van der Waals surface area (Å²) in [6.45, 7) is 2.24. The van der Waals surface area contributed by atoms with Crippen molar-refractivity contribution in [2.24, 2.45) is 11.7 Å². The minimum absolute atomic E-state index is 0.0362. The minimum Gasteiger partial charge on any atom is -0.508 e. The number of nitrogens with two attached hydrogens (primary N) is 1. The average Bonchev–Trinajstić information content (AvgIpc) is 2.70. The predicted octanol–water partition coefficient (Wildman–Crippen LogP) is 0.699. The third-order valence-corrected chi connectivity index (χ3v) is 3.06. The molecule has 0 spiro atoms. The van der Waals surface area contributed by atoms with Gasteiger partial charge in [0, 0.05) is 18.7 Å². The van der Waals surface area contributed by atoms with Crippen LogP contribution in [-0.4, -0.2) is 29.0 Å². The van der Waals surface area contributed by atoms with Crippen molar-refractivity contribution in [3.8, 4) is 5.75 Å². The lowest BCUT2D eigenvalue weighted by atomic mass is 10.1. The Labute approximate surface area is 94.7 Å². The summed E-state index contributed by atoms with van der Waals surface area (Å²) >= 11 is 0. The van der Waals surface area contributed by atoms with E-state index in [4.69, 9.17) is 5.73 Å². The van der Waals surface area contributed by atoms with Gasteiger partial charge in [-0.25, -0.2) is 0 Å². The van der Waals surface area contributed by atoms with Crippen LogP contribution >= 0.6 is 0 Å². The van der Waals surface area contributed by atoms with Crippen molar-refractivity contribution in [1.29, 1.82) is 0 Å². The molecule has 1 aromatic carbocycles. The zero-order valence-corrected chi connectivity index (χ0v) is 9.10. The molecule has 0 aromatic heterocycles. The van der Waals surface area contributed by atoms with Gasteiger partial charge in [-0.1, -0.05) is 18.2 Å². The van der Waals surface area contributed by atoms with Crippen LogP contribution in [0.1, 0.15) is 12.0 Å². The lowest BCUT2D eigenvalue weighted by molar-refractivity contribution is -0.121. The summed E-state index contributed by atoms with van der Waals surface area (Å²) in [6.07, 6.45) is 0.822. The molecule has 1 aliphatic rings. The van der Waals surface area contributed by atoms with E-state index in [1.54, 1.807) is 12.1 Å². The summed E-state index contributed by atoms with van der Waals surface area (Å²) in [6, 6.07) is 7.27. The van der Waals surface area contributed by atoms with Crippen LogP contribution < -0.4 is 5.73 Å². The van der Waals surface area contributed by atoms with E-state index in [-0.39, 0.29) is 11.8 Å². The van der Waals surface area contributed by atoms with Gasteiger partial charge in [0.1, 0.15) is 5.75 Å². The smallest absolute Gasteiger partial charge is 0.221 e. The van der Waals surface area contributed by atoms with Gasteiger partial charge in [-0.05, 0) is 19.0 Å². The summed E-state index contributed by atoms with van der Waals surface area (Å²) in [5, 5.41) is 9.63. The van der Waals surface area contributed by atoms with Crippen LogP contribution in [0, 0.1) is 5.92 Å². The molecule has 2 rings (SSSR count). The first-order chi connectivity index (χ1) is 7.66. The standard InChI is InChI=1S/C12H16N2O2/c13-12(16)10-5-6-14(8-10)7-9-3-1-2-4-11(9)15/h1-4,10,15H,5-8H2,(H2,13,16). The van der Waals surface area contributed by atoms with Crippen molar-refractivity contribution in [2.75, 3.05) is 13.1 Å². The topological polar surface area (TPSA) is 66.6 Å². The van der Waals surface area contributed by atoms with Crippen LogP contribution in [0.25, 0.3) is 0 Å². The number of amides is 1. The molecule has 1 fully saturated rings. The second-order valence-electron chi connectivity index (χ2n) is 4.25. The summed E-state index contributed by atoms with van der Waals surface area (Å²) in [5.74, 6) is 0.0515. The Balaban J connectivity index is 1.97. The molecular formula is C12H16N2O2. The van der Waals surface area contributed by atoms with Crippen LogP contribution in [0.3, 0.4) is 0 Å². The zero-order chi connectivity index (χ0) is 11.5. The molecule has 1 aromatic rings. The Hall–Kier alpha value is -1.55. The first kappa shape index (κ1) is 11.0.